The standard InChI is InChI=1S/C17H19ClN2O/c1-12(18)13-7-10-20(11-8-13)17(21)16-15-5-3-2-4-14(15)6-9-19-16/h2-6,9,12-13H,7-8,10-11H2,1H3. The molecule has 1 atom stereocenters. The van der Waals surface area contributed by atoms with E-state index < -0.39 is 0 Å². The Morgan fingerprint density at radius 2 is 2.00 bits per heavy atom. The molecule has 1 aliphatic heterocycles. The first-order valence-electron chi connectivity index (χ1n) is 7.44. The van der Waals surface area contributed by atoms with E-state index in [1.807, 2.05) is 42.2 Å². The van der Waals surface area contributed by atoms with Crippen molar-refractivity contribution < 1.29 is 4.79 Å². The summed E-state index contributed by atoms with van der Waals surface area (Å²) in [6.07, 6.45) is 3.66. The lowest BCUT2D eigenvalue weighted by Gasteiger charge is -2.33. The van der Waals surface area contributed by atoms with Gasteiger partial charge in [0.15, 0.2) is 0 Å². The molecule has 1 unspecified atom stereocenters. The Labute approximate surface area is 129 Å². The molecule has 3 nitrogen and oxygen atoms in total. The number of amides is 1. The Morgan fingerprint density at radius 3 is 2.71 bits per heavy atom. The van der Waals surface area contributed by atoms with Gasteiger partial charge < -0.3 is 4.90 Å². The van der Waals surface area contributed by atoms with Crippen molar-refractivity contribution in [3.63, 3.8) is 0 Å². The van der Waals surface area contributed by atoms with Crippen molar-refractivity contribution in [2.75, 3.05) is 13.1 Å². The van der Waals surface area contributed by atoms with Crippen LogP contribution in [0.4, 0.5) is 0 Å². The van der Waals surface area contributed by atoms with Crippen molar-refractivity contribution in [2.24, 2.45) is 5.92 Å². The van der Waals surface area contributed by atoms with Crippen LogP contribution in [-0.4, -0.2) is 34.3 Å². The van der Waals surface area contributed by atoms with Gasteiger partial charge in [-0.1, -0.05) is 24.3 Å². The minimum atomic E-state index is 0.0347. The highest BCUT2D eigenvalue weighted by molar-refractivity contribution is 6.20. The number of carbonyl (C=O) groups is 1. The van der Waals surface area contributed by atoms with E-state index in [1.54, 1.807) is 6.20 Å². The number of likely N-dealkylation sites (tertiary alicyclic amines) is 1. The molecule has 1 fully saturated rings. The zero-order valence-electron chi connectivity index (χ0n) is 12.1. The Bertz CT molecular complexity index is 643. The smallest absolute Gasteiger partial charge is 0.273 e. The summed E-state index contributed by atoms with van der Waals surface area (Å²) in [6.45, 7) is 3.58. The molecule has 1 aromatic heterocycles. The van der Waals surface area contributed by atoms with E-state index in [-0.39, 0.29) is 11.3 Å². The Kier molecular flexibility index (Phi) is 4.11. The lowest BCUT2D eigenvalue weighted by Crippen LogP contribution is -2.40. The zero-order chi connectivity index (χ0) is 14.8. The first-order chi connectivity index (χ1) is 10.2. The fourth-order valence-electron chi connectivity index (χ4n) is 3.00. The molecular formula is C17H19ClN2O. The third-order valence-corrected chi connectivity index (χ3v) is 4.71. The number of piperidine rings is 1. The number of fused-ring (bicyclic) bond motifs is 1. The number of benzene rings is 1. The third kappa shape index (κ3) is 2.88. The number of nitrogens with zero attached hydrogens (tertiary/aromatic N) is 2. The molecule has 4 heteroatoms. The first-order valence-corrected chi connectivity index (χ1v) is 7.87. The van der Waals surface area contributed by atoms with Crippen LogP contribution in [0.3, 0.4) is 0 Å². The SMILES string of the molecule is CC(Cl)C1CCN(C(=O)c2nccc3ccccc23)CC1. The van der Waals surface area contributed by atoms with Gasteiger partial charge in [0.05, 0.1) is 0 Å². The van der Waals surface area contributed by atoms with Gasteiger partial charge >= 0.3 is 0 Å². The van der Waals surface area contributed by atoms with Crippen LogP contribution in [0.1, 0.15) is 30.3 Å². The van der Waals surface area contributed by atoms with Gasteiger partial charge in [-0.25, -0.2) is 0 Å². The van der Waals surface area contributed by atoms with E-state index in [4.69, 9.17) is 11.6 Å². The maximum Gasteiger partial charge on any atom is 0.273 e. The van der Waals surface area contributed by atoms with Gasteiger partial charge in [0.2, 0.25) is 0 Å². The summed E-state index contributed by atoms with van der Waals surface area (Å²) >= 11 is 6.16. The van der Waals surface area contributed by atoms with Crippen molar-refractivity contribution in [1.82, 2.24) is 9.88 Å². The monoisotopic (exact) mass is 302 g/mol. The predicted octanol–water partition coefficient (Wildman–Crippen LogP) is 3.71. The highest BCUT2D eigenvalue weighted by Crippen LogP contribution is 2.25. The second-order valence-corrected chi connectivity index (χ2v) is 6.38. The normalized spacial score (nSPS) is 17.9. The second-order valence-electron chi connectivity index (χ2n) is 5.69. The number of carbonyl (C=O) groups excluding carboxylic acids is 1. The number of alkyl halides is 1. The molecule has 0 bridgehead atoms. The molecule has 1 aliphatic rings. The maximum absolute atomic E-state index is 12.7. The lowest BCUT2D eigenvalue weighted by atomic mass is 9.93. The third-order valence-electron chi connectivity index (χ3n) is 4.35. The predicted molar refractivity (Wildman–Crippen MR) is 85.7 cm³/mol. The van der Waals surface area contributed by atoms with Crippen molar-refractivity contribution in [2.45, 2.75) is 25.1 Å². The average molecular weight is 303 g/mol. The van der Waals surface area contributed by atoms with Crippen molar-refractivity contribution in [1.29, 1.82) is 0 Å². The highest BCUT2D eigenvalue weighted by Gasteiger charge is 2.27. The van der Waals surface area contributed by atoms with Gasteiger partial charge in [0.25, 0.3) is 5.91 Å². The minimum Gasteiger partial charge on any atom is -0.337 e. The molecule has 0 aliphatic carbocycles. The van der Waals surface area contributed by atoms with Crippen LogP contribution >= 0.6 is 11.6 Å². The highest BCUT2D eigenvalue weighted by atomic mass is 35.5. The number of aromatic nitrogens is 1. The van der Waals surface area contributed by atoms with Crippen LogP contribution in [0.25, 0.3) is 10.8 Å². The Hall–Kier alpha value is -1.61. The minimum absolute atomic E-state index is 0.0347. The topological polar surface area (TPSA) is 33.2 Å². The summed E-state index contributed by atoms with van der Waals surface area (Å²) in [6, 6.07) is 9.83. The number of hydrogen-bond donors (Lipinski definition) is 0. The summed E-state index contributed by atoms with van der Waals surface area (Å²) < 4.78 is 0. The van der Waals surface area contributed by atoms with E-state index in [1.165, 1.54) is 0 Å². The van der Waals surface area contributed by atoms with Gasteiger partial charge in [-0.3, -0.25) is 9.78 Å². The molecule has 3 rings (SSSR count). The molecule has 1 aromatic carbocycles. The lowest BCUT2D eigenvalue weighted by molar-refractivity contribution is 0.0686. The maximum atomic E-state index is 12.7. The van der Waals surface area contributed by atoms with Gasteiger partial charge in [-0.05, 0) is 37.1 Å². The number of pyridine rings is 1. The van der Waals surface area contributed by atoms with Gasteiger partial charge in [0.1, 0.15) is 5.69 Å². The Balaban J connectivity index is 1.82. The average Bonchev–Trinajstić information content (AvgIpc) is 2.53. The number of hydrogen-bond acceptors (Lipinski definition) is 2. The van der Waals surface area contributed by atoms with E-state index in [2.05, 4.69) is 4.98 Å². The molecule has 21 heavy (non-hydrogen) atoms. The molecule has 0 saturated carbocycles. The molecular weight excluding hydrogens is 284 g/mol. The fourth-order valence-corrected chi connectivity index (χ4v) is 3.25. The fraction of sp³-hybridized carbons (Fsp3) is 0.412. The summed E-state index contributed by atoms with van der Waals surface area (Å²) in [4.78, 5) is 18.9. The van der Waals surface area contributed by atoms with Crippen LogP contribution in [0.5, 0.6) is 0 Å². The van der Waals surface area contributed by atoms with Crippen LogP contribution < -0.4 is 0 Å². The molecule has 0 spiro atoms. The van der Waals surface area contributed by atoms with E-state index in [0.29, 0.717) is 11.6 Å². The number of rotatable bonds is 2. The molecule has 2 aromatic rings. The van der Waals surface area contributed by atoms with Crippen LogP contribution in [0, 0.1) is 5.92 Å². The molecule has 1 saturated heterocycles. The molecule has 2 heterocycles. The van der Waals surface area contributed by atoms with Crippen molar-refractivity contribution in [3.05, 3.63) is 42.2 Å². The van der Waals surface area contributed by atoms with Gasteiger partial charge in [-0.15, -0.1) is 11.6 Å². The Morgan fingerprint density at radius 1 is 1.29 bits per heavy atom. The molecule has 0 radical (unpaired) electrons. The van der Waals surface area contributed by atoms with Crippen molar-refractivity contribution in [3.8, 4) is 0 Å². The van der Waals surface area contributed by atoms with E-state index >= 15 is 0 Å². The van der Waals surface area contributed by atoms with Gasteiger partial charge in [0, 0.05) is 30.0 Å². The second kappa shape index (κ2) is 6.02. The van der Waals surface area contributed by atoms with Crippen molar-refractivity contribution >= 4 is 28.3 Å². The molecule has 0 N–H and O–H groups in total. The summed E-state index contributed by atoms with van der Waals surface area (Å²) in [7, 11) is 0. The number of halogens is 1. The summed E-state index contributed by atoms with van der Waals surface area (Å²) in [5, 5.41) is 2.16. The van der Waals surface area contributed by atoms with E-state index in [0.717, 1.165) is 36.7 Å². The van der Waals surface area contributed by atoms with Crippen LogP contribution in [0.15, 0.2) is 36.5 Å². The largest absolute Gasteiger partial charge is 0.337 e. The van der Waals surface area contributed by atoms with Crippen LogP contribution in [-0.2, 0) is 0 Å². The zero-order valence-corrected chi connectivity index (χ0v) is 12.9. The van der Waals surface area contributed by atoms with Gasteiger partial charge in [-0.2, -0.15) is 0 Å². The summed E-state index contributed by atoms with van der Waals surface area (Å²) in [5.41, 5.74) is 0.561. The molecule has 110 valence electrons. The molecule has 1 amide bonds. The van der Waals surface area contributed by atoms with Crippen LogP contribution in [0.2, 0.25) is 0 Å². The first kappa shape index (κ1) is 14.3. The summed E-state index contributed by atoms with van der Waals surface area (Å²) in [5.74, 6) is 0.545. The van der Waals surface area contributed by atoms with E-state index in [9.17, 15) is 4.79 Å². The quantitative estimate of drug-likeness (QED) is 0.792.